The highest BCUT2D eigenvalue weighted by Crippen LogP contribution is 2.44. The monoisotopic (exact) mass is 726 g/mol. The van der Waals surface area contributed by atoms with Crippen molar-refractivity contribution in [2.45, 2.75) is 83.2 Å². The summed E-state index contributed by atoms with van der Waals surface area (Å²) in [5.41, 5.74) is 5.00. The predicted molar refractivity (Wildman–Crippen MR) is 175 cm³/mol. The number of nitrogen functional groups attached to an aromatic ring is 1. The van der Waals surface area contributed by atoms with Gasteiger partial charge in [0.2, 0.25) is 0 Å². The molecule has 7 rings (SSSR count). The minimum Gasteiger partial charge on any atom is -0.467 e. The van der Waals surface area contributed by atoms with Gasteiger partial charge in [0, 0.05) is 57.3 Å². The highest BCUT2D eigenvalue weighted by Gasteiger charge is 2.42. The van der Waals surface area contributed by atoms with E-state index in [4.69, 9.17) is 26.8 Å². The Kier molecular flexibility index (Phi) is 10.2. The van der Waals surface area contributed by atoms with E-state index in [1.165, 1.54) is 31.8 Å². The summed E-state index contributed by atoms with van der Waals surface area (Å²) in [4.78, 5) is 27.1. The van der Waals surface area contributed by atoms with Gasteiger partial charge in [0.25, 0.3) is 5.91 Å². The van der Waals surface area contributed by atoms with Crippen molar-refractivity contribution in [2.75, 3.05) is 51.5 Å². The summed E-state index contributed by atoms with van der Waals surface area (Å²) >= 11 is 6.61. The van der Waals surface area contributed by atoms with E-state index in [0.29, 0.717) is 54.9 Å². The summed E-state index contributed by atoms with van der Waals surface area (Å²) < 4.78 is 82.7. The van der Waals surface area contributed by atoms with Gasteiger partial charge in [-0.3, -0.25) is 14.4 Å². The fraction of sp³-hybridized carbons (Fsp3) is 0.576. The average molecular weight is 727 g/mol. The van der Waals surface area contributed by atoms with Crippen LogP contribution in [0.2, 0.25) is 5.02 Å². The molecule has 2 N–H and O–H groups in total. The van der Waals surface area contributed by atoms with Crippen LogP contribution in [0.3, 0.4) is 0 Å². The van der Waals surface area contributed by atoms with Crippen LogP contribution in [0.1, 0.15) is 75.9 Å². The van der Waals surface area contributed by atoms with Gasteiger partial charge < -0.3 is 25.0 Å². The maximum atomic E-state index is 15.2. The number of nitrogens with two attached hydrogens (primary N) is 1. The SMILES string of the molecule is COc1nc2c(c(N3CCCn4nc(C(=O)N(C)C)c(Cl)c4C3)n1)COC(c1c(F)c(N)cc(C)c1C(F)(F)F)C2.FC1CC2CCCN2C1. The topological polar surface area (TPSA) is 115 Å². The molecule has 11 nitrogen and oxygen atoms in total. The molecule has 0 radical (unpaired) electrons. The summed E-state index contributed by atoms with van der Waals surface area (Å²) in [6.07, 6.45) is -2.85. The third kappa shape index (κ3) is 6.93. The molecule has 2 aromatic heterocycles. The van der Waals surface area contributed by atoms with E-state index >= 15 is 4.39 Å². The molecule has 3 unspecified atom stereocenters. The number of carbonyl (C=O) groups is 1. The number of aryl methyl sites for hydroxylation is 2. The molecule has 3 atom stereocenters. The predicted octanol–water partition coefficient (Wildman–Crippen LogP) is 5.50. The number of hydrogen-bond donors (Lipinski definition) is 1. The molecule has 272 valence electrons. The Labute approximate surface area is 291 Å². The van der Waals surface area contributed by atoms with Crippen LogP contribution >= 0.6 is 11.6 Å². The number of amides is 1. The fourth-order valence-electron chi connectivity index (χ4n) is 7.33. The smallest absolute Gasteiger partial charge is 0.417 e. The molecule has 0 saturated carbocycles. The molecule has 3 aromatic rings. The maximum Gasteiger partial charge on any atom is 0.417 e. The summed E-state index contributed by atoms with van der Waals surface area (Å²) in [7, 11) is 4.59. The minimum absolute atomic E-state index is 0.00741. The molecule has 1 aromatic carbocycles. The number of nitrogens with zero attached hydrogens (tertiary/aromatic N) is 7. The van der Waals surface area contributed by atoms with E-state index in [1.54, 1.807) is 18.8 Å². The van der Waals surface area contributed by atoms with Crippen molar-refractivity contribution in [3.05, 3.63) is 56.2 Å². The first kappa shape index (κ1) is 36.0. The van der Waals surface area contributed by atoms with Crippen LogP contribution in [0.5, 0.6) is 6.01 Å². The molecular formula is C33H40ClF5N8O3. The highest BCUT2D eigenvalue weighted by atomic mass is 35.5. The van der Waals surface area contributed by atoms with Crippen molar-refractivity contribution in [3.8, 4) is 6.01 Å². The van der Waals surface area contributed by atoms with Crippen LogP contribution in [0.4, 0.5) is 33.5 Å². The Morgan fingerprint density at radius 2 is 1.94 bits per heavy atom. The number of ether oxygens (including phenoxy) is 2. The Morgan fingerprint density at radius 3 is 2.62 bits per heavy atom. The Morgan fingerprint density at radius 1 is 1.18 bits per heavy atom. The molecule has 0 aliphatic carbocycles. The number of hydrogen-bond acceptors (Lipinski definition) is 9. The van der Waals surface area contributed by atoms with E-state index in [9.17, 15) is 22.4 Å². The molecule has 0 bridgehead atoms. The number of fused-ring (bicyclic) bond motifs is 3. The summed E-state index contributed by atoms with van der Waals surface area (Å²) in [6.45, 7) is 4.17. The van der Waals surface area contributed by atoms with Crippen LogP contribution < -0.4 is 15.4 Å². The molecular weight excluding hydrogens is 687 g/mol. The van der Waals surface area contributed by atoms with Crippen LogP contribution in [-0.4, -0.2) is 88.5 Å². The van der Waals surface area contributed by atoms with Crippen LogP contribution in [0, 0.1) is 12.7 Å². The lowest BCUT2D eigenvalue weighted by atomic mass is 9.91. The van der Waals surface area contributed by atoms with Gasteiger partial charge in [0.05, 0.1) is 54.0 Å². The number of halogens is 6. The second-order valence-electron chi connectivity index (χ2n) is 13.3. The summed E-state index contributed by atoms with van der Waals surface area (Å²) in [5.74, 6) is -1.06. The molecule has 6 heterocycles. The average Bonchev–Trinajstić information content (AvgIpc) is 3.68. The number of alkyl halides is 4. The van der Waals surface area contributed by atoms with E-state index in [1.807, 2.05) is 4.90 Å². The largest absolute Gasteiger partial charge is 0.467 e. The number of methoxy groups -OCH3 is 1. The van der Waals surface area contributed by atoms with Crippen LogP contribution in [0.15, 0.2) is 6.07 Å². The number of rotatable bonds is 4. The van der Waals surface area contributed by atoms with E-state index in [2.05, 4.69) is 20.0 Å². The van der Waals surface area contributed by atoms with E-state index in [-0.39, 0.29) is 47.8 Å². The fourth-order valence-corrected chi connectivity index (χ4v) is 7.61. The number of carbonyl (C=O) groups excluding carboxylic acids is 1. The zero-order valence-electron chi connectivity index (χ0n) is 28.3. The summed E-state index contributed by atoms with van der Waals surface area (Å²) in [5, 5.41) is 4.65. The molecule has 2 fully saturated rings. The molecule has 1 amide bonds. The van der Waals surface area contributed by atoms with E-state index in [0.717, 1.165) is 19.0 Å². The first-order valence-corrected chi connectivity index (χ1v) is 16.9. The van der Waals surface area contributed by atoms with Crippen molar-refractivity contribution in [3.63, 3.8) is 0 Å². The molecule has 4 aliphatic rings. The third-order valence-electron chi connectivity index (χ3n) is 9.67. The van der Waals surface area contributed by atoms with Gasteiger partial charge in [-0.05, 0) is 50.8 Å². The van der Waals surface area contributed by atoms with Gasteiger partial charge in [0.1, 0.15) is 12.0 Å². The highest BCUT2D eigenvalue weighted by molar-refractivity contribution is 6.34. The van der Waals surface area contributed by atoms with Gasteiger partial charge in [-0.2, -0.15) is 28.2 Å². The van der Waals surface area contributed by atoms with Crippen molar-refractivity contribution in [2.24, 2.45) is 0 Å². The molecule has 0 spiro atoms. The van der Waals surface area contributed by atoms with Crippen molar-refractivity contribution < 1.29 is 36.2 Å². The lowest BCUT2D eigenvalue weighted by Crippen LogP contribution is -2.29. The Bertz CT molecular complexity index is 1760. The molecule has 2 saturated heterocycles. The van der Waals surface area contributed by atoms with Gasteiger partial charge in [-0.25, -0.2) is 8.78 Å². The molecule has 50 heavy (non-hydrogen) atoms. The number of anilines is 2. The minimum atomic E-state index is -4.83. The van der Waals surface area contributed by atoms with Crippen LogP contribution in [-0.2, 0) is 37.0 Å². The van der Waals surface area contributed by atoms with Crippen molar-refractivity contribution in [1.82, 2.24) is 29.5 Å². The number of benzene rings is 1. The van der Waals surface area contributed by atoms with E-state index < -0.39 is 41.1 Å². The maximum absolute atomic E-state index is 15.2. The van der Waals surface area contributed by atoms with Crippen molar-refractivity contribution in [1.29, 1.82) is 0 Å². The van der Waals surface area contributed by atoms with Crippen LogP contribution in [0.25, 0.3) is 0 Å². The molecule has 17 heteroatoms. The Hall–Kier alpha value is -3.76. The quantitative estimate of drug-likeness (QED) is 0.275. The third-order valence-corrected chi connectivity index (χ3v) is 10.1. The zero-order valence-corrected chi connectivity index (χ0v) is 29.0. The molecule has 4 aliphatic heterocycles. The number of aromatic nitrogens is 4. The second-order valence-corrected chi connectivity index (χ2v) is 13.7. The van der Waals surface area contributed by atoms with Gasteiger partial charge in [0.15, 0.2) is 11.5 Å². The van der Waals surface area contributed by atoms with Gasteiger partial charge in [-0.1, -0.05) is 11.6 Å². The zero-order chi connectivity index (χ0) is 36.1. The first-order valence-electron chi connectivity index (χ1n) is 16.5. The summed E-state index contributed by atoms with van der Waals surface area (Å²) in [6, 6.07) is 1.57. The van der Waals surface area contributed by atoms with Gasteiger partial charge >= 0.3 is 12.2 Å². The normalized spacial score (nSPS) is 21.9. The lowest BCUT2D eigenvalue weighted by Gasteiger charge is -2.32. The van der Waals surface area contributed by atoms with Gasteiger partial charge in [-0.15, -0.1) is 0 Å². The van der Waals surface area contributed by atoms with Crippen molar-refractivity contribution >= 4 is 29.0 Å². The lowest BCUT2D eigenvalue weighted by molar-refractivity contribution is -0.140. The first-order chi connectivity index (χ1) is 23.7. The Balaban J connectivity index is 0.000000412. The second kappa shape index (κ2) is 14.1. The standard InChI is InChI=1S/C26H28ClF4N7O3.C7H12FN/c1-12-8-14(32)21(28)18(19(12)26(29,30)31)17-9-15-13(11-41-17)23(34-25(33-15)40-4)37-6-5-7-38-16(10-37)20(27)22(35-38)24(39)36(2)3;8-6-4-7-2-1-3-9(7)5-6/h8,17H,5-7,9-11,32H2,1-4H3;6-7H,1-5H2.